The fourth-order valence-electron chi connectivity index (χ4n) is 1.68. The number of hydrogen-bond acceptors (Lipinski definition) is 6. The minimum absolute atomic E-state index is 0.0793. The van der Waals surface area contributed by atoms with Crippen LogP contribution in [0, 0.1) is 17.0 Å². The average Bonchev–Trinajstić information content (AvgIpc) is 2.46. The molecular weight excluding hydrogens is 276 g/mol. The second-order valence-corrected chi connectivity index (χ2v) is 4.18. The first kappa shape index (κ1) is 14.3. The minimum Gasteiger partial charge on any atom is -0.439 e. The summed E-state index contributed by atoms with van der Waals surface area (Å²) in [5.74, 6) is 0.384. The highest BCUT2D eigenvalue weighted by atomic mass is 16.6. The van der Waals surface area contributed by atoms with Crippen LogP contribution < -0.4 is 10.5 Å². The van der Waals surface area contributed by atoms with Crippen LogP contribution in [0.1, 0.15) is 11.3 Å². The molecule has 0 aliphatic heterocycles. The molecule has 3 N–H and O–H groups in total. The van der Waals surface area contributed by atoms with Crippen LogP contribution in [-0.2, 0) is 0 Å². The van der Waals surface area contributed by atoms with Crippen molar-refractivity contribution in [3.63, 3.8) is 0 Å². The second-order valence-electron chi connectivity index (χ2n) is 4.18. The number of aryl methyl sites for hydroxylation is 1. The van der Waals surface area contributed by atoms with Gasteiger partial charge in [0.2, 0.25) is 5.88 Å². The molecule has 0 aliphatic rings. The molecule has 0 fully saturated rings. The van der Waals surface area contributed by atoms with Crippen LogP contribution >= 0.6 is 0 Å². The highest BCUT2D eigenvalue weighted by molar-refractivity contribution is 5.97. The summed E-state index contributed by atoms with van der Waals surface area (Å²) in [7, 11) is 0. The molecular formula is C13H12N4O4. The van der Waals surface area contributed by atoms with Crippen LogP contribution in [0.15, 0.2) is 41.6 Å². The number of non-ortho nitro benzene ring substituents is 1. The maximum absolute atomic E-state index is 10.7. The van der Waals surface area contributed by atoms with Crippen molar-refractivity contribution in [3.05, 3.63) is 57.8 Å². The van der Waals surface area contributed by atoms with E-state index in [1.54, 1.807) is 19.1 Å². The summed E-state index contributed by atoms with van der Waals surface area (Å²) < 4.78 is 5.48. The van der Waals surface area contributed by atoms with E-state index in [9.17, 15) is 10.1 Å². The molecule has 0 saturated carbocycles. The van der Waals surface area contributed by atoms with Gasteiger partial charge >= 0.3 is 0 Å². The largest absolute Gasteiger partial charge is 0.439 e. The topological polar surface area (TPSA) is 124 Å². The number of nitrogens with zero attached hydrogens (tertiary/aromatic N) is 3. The van der Waals surface area contributed by atoms with Gasteiger partial charge in [0, 0.05) is 23.4 Å². The predicted molar refractivity (Wildman–Crippen MR) is 74.7 cm³/mol. The molecule has 1 aromatic carbocycles. The van der Waals surface area contributed by atoms with E-state index in [4.69, 9.17) is 15.7 Å². The van der Waals surface area contributed by atoms with E-state index in [1.165, 1.54) is 24.3 Å². The third kappa shape index (κ3) is 3.44. The Balaban J connectivity index is 2.33. The number of hydrogen-bond donors (Lipinski definition) is 2. The molecule has 0 saturated heterocycles. The van der Waals surface area contributed by atoms with Gasteiger partial charge in [-0.2, -0.15) is 0 Å². The van der Waals surface area contributed by atoms with E-state index in [2.05, 4.69) is 10.1 Å². The number of aromatic nitrogens is 1. The number of nitro benzene ring substituents is 1. The second kappa shape index (κ2) is 5.87. The van der Waals surface area contributed by atoms with Gasteiger partial charge in [0.25, 0.3) is 5.69 Å². The van der Waals surface area contributed by atoms with E-state index in [1.807, 2.05) is 0 Å². The zero-order chi connectivity index (χ0) is 15.4. The van der Waals surface area contributed by atoms with Gasteiger partial charge in [0.05, 0.1) is 11.0 Å². The highest BCUT2D eigenvalue weighted by Gasteiger charge is 2.09. The smallest absolute Gasteiger partial charge is 0.273 e. The molecule has 1 aromatic heterocycles. The molecule has 0 spiro atoms. The number of pyridine rings is 1. The lowest BCUT2D eigenvalue weighted by atomic mass is 10.2. The Bertz CT molecular complexity index is 715. The predicted octanol–water partition coefficient (Wildman–Crippen LogP) is 2.19. The first-order valence-electron chi connectivity index (χ1n) is 5.88. The van der Waals surface area contributed by atoms with Gasteiger partial charge in [0.1, 0.15) is 5.75 Å². The molecule has 0 amide bonds. The first-order chi connectivity index (χ1) is 9.99. The minimum atomic E-state index is -0.516. The van der Waals surface area contributed by atoms with E-state index >= 15 is 0 Å². The molecule has 2 aromatic rings. The standard InChI is InChI=1S/C13H12N4O4/c1-8-5-9(13(14)16-18)6-12(15-8)21-11-4-2-3-10(7-11)17(19)20/h2-7,18H,1H3,(H2,14,16). The zero-order valence-electron chi connectivity index (χ0n) is 11.1. The number of benzene rings is 1. The van der Waals surface area contributed by atoms with Crippen molar-refractivity contribution >= 4 is 11.5 Å². The Kier molecular flexibility index (Phi) is 3.98. The third-order valence-corrected chi connectivity index (χ3v) is 2.58. The Labute approximate surface area is 119 Å². The molecule has 1 heterocycles. The van der Waals surface area contributed by atoms with E-state index in [0.29, 0.717) is 11.3 Å². The van der Waals surface area contributed by atoms with Crippen LogP contribution in [0.4, 0.5) is 5.69 Å². The van der Waals surface area contributed by atoms with Gasteiger partial charge in [-0.1, -0.05) is 11.2 Å². The lowest BCUT2D eigenvalue weighted by Gasteiger charge is -2.07. The van der Waals surface area contributed by atoms with Gasteiger partial charge in [-0.05, 0) is 19.1 Å². The van der Waals surface area contributed by atoms with Crippen LogP contribution in [0.25, 0.3) is 0 Å². The fraction of sp³-hybridized carbons (Fsp3) is 0.0769. The summed E-state index contributed by atoms with van der Waals surface area (Å²) in [6.45, 7) is 1.72. The summed E-state index contributed by atoms with van der Waals surface area (Å²) in [6.07, 6.45) is 0. The van der Waals surface area contributed by atoms with Gasteiger partial charge in [-0.25, -0.2) is 4.98 Å². The molecule has 0 unspecified atom stereocenters. The van der Waals surface area contributed by atoms with Gasteiger partial charge < -0.3 is 15.7 Å². The molecule has 0 atom stereocenters. The molecule has 0 radical (unpaired) electrons. The van der Waals surface area contributed by atoms with Crippen LogP contribution in [0.3, 0.4) is 0 Å². The molecule has 0 aliphatic carbocycles. The summed E-state index contributed by atoms with van der Waals surface area (Å²) in [5, 5.41) is 22.3. The quantitative estimate of drug-likeness (QED) is 0.292. The first-order valence-corrected chi connectivity index (χ1v) is 5.88. The molecule has 108 valence electrons. The van der Waals surface area contributed by atoms with E-state index in [0.717, 1.165) is 0 Å². The maximum atomic E-state index is 10.7. The van der Waals surface area contributed by atoms with Gasteiger partial charge in [-0.15, -0.1) is 0 Å². The van der Waals surface area contributed by atoms with E-state index in [-0.39, 0.29) is 23.2 Å². The number of oxime groups is 1. The van der Waals surface area contributed by atoms with Crippen molar-refractivity contribution in [2.45, 2.75) is 6.92 Å². The number of rotatable bonds is 4. The fourth-order valence-corrected chi connectivity index (χ4v) is 1.68. The van der Waals surface area contributed by atoms with Crippen molar-refractivity contribution in [2.24, 2.45) is 10.9 Å². The van der Waals surface area contributed by atoms with Crippen molar-refractivity contribution < 1.29 is 14.9 Å². The summed E-state index contributed by atoms with van der Waals surface area (Å²) >= 11 is 0. The van der Waals surface area contributed by atoms with Crippen molar-refractivity contribution in [3.8, 4) is 11.6 Å². The maximum Gasteiger partial charge on any atom is 0.273 e. The Morgan fingerprint density at radius 2 is 2.19 bits per heavy atom. The SMILES string of the molecule is Cc1cc(/C(N)=N/O)cc(Oc2cccc([N+](=O)[O-])c2)n1. The number of nitro groups is 1. The number of ether oxygens (including phenoxy) is 1. The Hall–Kier alpha value is -3.16. The molecule has 8 heteroatoms. The highest BCUT2D eigenvalue weighted by Crippen LogP contribution is 2.24. The Morgan fingerprint density at radius 3 is 2.86 bits per heavy atom. The molecule has 2 rings (SSSR count). The summed E-state index contributed by atoms with van der Waals surface area (Å²) in [4.78, 5) is 14.3. The van der Waals surface area contributed by atoms with Crippen LogP contribution in [0.2, 0.25) is 0 Å². The zero-order valence-corrected chi connectivity index (χ0v) is 11.1. The van der Waals surface area contributed by atoms with Crippen LogP contribution in [-0.4, -0.2) is 21.0 Å². The lowest BCUT2D eigenvalue weighted by Crippen LogP contribution is -2.13. The number of amidine groups is 1. The summed E-state index contributed by atoms with van der Waals surface area (Å²) in [6, 6.07) is 8.82. The third-order valence-electron chi connectivity index (χ3n) is 2.58. The molecule has 8 nitrogen and oxygen atoms in total. The lowest BCUT2D eigenvalue weighted by molar-refractivity contribution is -0.384. The van der Waals surface area contributed by atoms with Gasteiger partial charge in [0.15, 0.2) is 5.84 Å². The summed E-state index contributed by atoms with van der Waals surface area (Å²) in [5.41, 5.74) is 6.46. The van der Waals surface area contributed by atoms with Crippen molar-refractivity contribution in [1.82, 2.24) is 4.98 Å². The van der Waals surface area contributed by atoms with E-state index < -0.39 is 4.92 Å². The molecule has 21 heavy (non-hydrogen) atoms. The normalized spacial score (nSPS) is 11.2. The molecule has 0 bridgehead atoms. The van der Waals surface area contributed by atoms with Crippen molar-refractivity contribution in [1.29, 1.82) is 0 Å². The van der Waals surface area contributed by atoms with Crippen LogP contribution in [0.5, 0.6) is 11.6 Å². The Morgan fingerprint density at radius 1 is 1.43 bits per heavy atom. The van der Waals surface area contributed by atoms with Gasteiger partial charge in [-0.3, -0.25) is 10.1 Å². The monoisotopic (exact) mass is 288 g/mol. The van der Waals surface area contributed by atoms with Crippen molar-refractivity contribution in [2.75, 3.05) is 0 Å². The number of nitrogens with two attached hydrogens (primary N) is 1. The average molecular weight is 288 g/mol.